The van der Waals surface area contributed by atoms with Crippen molar-refractivity contribution in [1.29, 1.82) is 0 Å². The fourth-order valence-corrected chi connectivity index (χ4v) is 5.14. The number of aromatic nitrogens is 4. The standard InChI is InChI=1S/C27H32FN5O3/c1-17(2)24-26-25(31-27(34)32(26)3)20-14-19(21(28)15-22(20)30-24)18-8-9-23(29-16-18)36-13-7-12-33(35)10-5-4-6-11-33/h8-9,14-17H,4-7,10-13H2,1-3H3,(H,31,34). The van der Waals surface area contributed by atoms with Gasteiger partial charge in [0.1, 0.15) is 5.82 Å². The van der Waals surface area contributed by atoms with E-state index < -0.39 is 5.82 Å². The molecule has 0 saturated carbocycles. The van der Waals surface area contributed by atoms with Crippen LogP contribution in [0.25, 0.3) is 33.1 Å². The Labute approximate surface area is 208 Å². The van der Waals surface area contributed by atoms with E-state index in [-0.39, 0.29) is 16.3 Å². The average molecular weight is 494 g/mol. The molecule has 5 rings (SSSR count). The zero-order valence-electron chi connectivity index (χ0n) is 21.0. The number of fused-ring (bicyclic) bond motifs is 3. The first-order valence-electron chi connectivity index (χ1n) is 12.6. The molecule has 0 unspecified atom stereocenters. The largest absolute Gasteiger partial charge is 0.633 e. The number of aromatic amines is 1. The summed E-state index contributed by atoms with van der Waals surface area (Å²) < 4.78 is 22.3. The van der Waals surface area contributed by atoms with Gasteiger partial charge in [-0.3, -0.25) is 9.55 Å². The number of likely N-dealkylation sites (tertiary alicyclic amines) is 1. The average Bonchev–Trinajstić information content (AvgIpc) is 3.16. The SMILES string of the molecule is CC(C)c1nc2cc(F)c(-c3ccc(OCCC[N+]4([O-])CCCCC4)nc3)cc2c2[nH]c(=O)n(C)c12. The molecule has 0 amide bonds. The third-order valence-corrected chi connectivity index (χ3v) is 7.13. The molecule has 0 atom stereocenters. The van der Waals surface area contributed by atoms with Crippen molar-refractivity contribution in [2.24, 2.45) is 7.05 Å². The first kappa shape index (κ1) is 24.4. The Bertz CT molecular complexity index is 1450. The molecule has 0 spiro atoms. The van der Waals surface area contributed by atoms with Crippen molar-refractivity contribution < 1.29 is 13.8 Å². The second-order valence-electron chi connectivity index (χ2n) is 10.1. The zero-order chi connectivity index (χ0) is 25.4. The van der Waals surface area contributed by atoms with E-state index in [0.717, 1.165) is 30.5 Å². The predicted molar refractivity (Wildman–Crippen MR) is 138 cm³/mol. The highest BCUT2D eigenvalue weighted by Gasteiger charge is 2.21. The summed E-state index contributed by atoms with van der Waals surface area (Å²) in [7, 11) is 1.71. The van der Waals surface area contributed by atoms with Gasteiger partial charge in [-0.25, -0.2) is 14.2 Å². The molecular weight excluding hydrogens is 461 g/mol. The van der Waals surface area contributed by atoms with Crippen LogP contribution in [0.4, 0.5) is 4.39 Å². The van der Waals surface area contributed by atoms with Crippen LogP contribution >= 0.6 is 0 Å². The van der Waals surface area contributed by atoms with E-state index in [2.05, 4.69) is 15.0 Å². The Morgan fingerprint density at radius 2 is 2.00 bits per heavy atom. The van der Waals surface area contributed by atoms with Gasteiger partial charge in [0.15, 0.2) is 0 Å². The molecule has 0 aliphatic carbocycles. The quantitative estimate of drug-likeness (QED) is 0.222. The first-order valence-corrected chi connectivity index (χ1v) is 12.6. The van der Waals surface area contributed by atoms with Gasteiger partial charge < -0.3 is 19.6 Å². The minimum atomic E-state index is -0.413. The number of imidazole rings is 1. The van der Waals surface area contributed by atoms with Crippen molar-refractivity contribution in [2.45, 2.75) is 45.4 Å². The summed E-state index contributed by atoms with van der Waals surface area (Å²) in [5.74, 6) is 0.0939. The van der Waals surface area contributed by atoms with Gasteiger partial charge in [0.25, 0.3) is 0 Å². The number of hydrogen-bond donors (Lipinski definition) is 1. The van der Waals surface area contributed by atoms with Crippen LogP contribution in [-0.4, -0.2) is 50.4 Å². The van der Waals surface area contributed by atoms with Gasteiger partial charge in [-0.05, 0) is 37.3 Å². The maximum absolute atomic E-state index is 15.2. The number of hydroxylamine groups is 3. The monoisotopic (exact) mass is 493 g/mol. The number of H-pyrrole nitrogens is 1. The van der Waals surface area contributed by atoms with Crippen LogP contribution in [-0.2, 0) is 7.05 Å². The second kappa shape index (κ2) is 9.63. The predicted octanol–water partition coefficient (Wildman–Crippen LogP) is 5.01. The molecule has 4 heterocycles. The summed E-state index contributed by atoms with van der Waals surface area (Å²) in [5, 5.41) is 13.3. The normalized spacial score (nSPS) is 15.7. The minimum Gasteiger partial charge on any atom is -0.633 e. The lowest BCUT2D eigenvalue weighted by atomic mass is 10.0. The maximum atomic E-state index is 15.2. The van der Waals surface area contributed by atoms with Crippen molar-refractivity contribution >= 4 is 21.9 Å². The molecule has 1 aliphatic heterocycles. The zero-order valence-corrected chi connectivity index (χ0v) is 21.0. The molecule has 8 nitrogen and oxygen atoms in total. The number of rotatable bonds is 7. The molecule has 1 saturated heterocycles. The minimum absolute atomic E-state index is 0.0681. The lowest BCUT2D eigenvalue weighted by Crippen LogP contribution is -2.47. The summed E-state index contributed by atoms with van der Waals surface area (Å²) in [4.78, 5) is 24.3. The molecule has 36 heavy (non-hydrogen) atoms. The number of nitrogens with one attached hydrogen (secondary N) is 1. The van der Waals surface area contributed by atoms with E-state index in [4.69, 9.17) is 4.74 Å². The highest BCUT2D eigenvalue weighted by atomic mass is 19.1. The number of halogens is 1. The highest BCUT2D eigenvalue weighted by molar-refractivity contribution is 6.05. The third-order valence-electron chi connectivity index (χ3n) is 7.13. The van der Waals surface area contributed by atoms with Crippen LogP contribution in [0.5, 0.6) is 5.88 Å². The fraction of sp³-hybridized carbons (Fsp3) is 0.444. The van der Waals surface area contributed by atoms with Crippen LogP contribution in [0.3, 0.4) is 0 Å². The van der Waals surface area contributed by atoms with Crippen LogP contribution < -0.4 is 10.4 Å². The number of nitrogens with zero attached hydrogens (tertiary/aromatic N) is 4. The number of aryl methyl sites for hydroxylation is 1. The summed E-state index contributed by atoms with van der Waals surface area (Å²) in [6, 6.07) is 6.60. The summed E-state index contributed by atoms with van der Waals surface area (Å²) >= 11 is 0. The van der Waals surface area contributed by atoms with Gasteiger partial charge in [-0.15, -0.1) is 0 Å². The van der Waals surface area contributed by atoms with Gasteiger partial charge in [-0.1, -0.05) is 13.8 Å². The van der Waals surface area contributed by atoms with Crippen molar-refractivity contribution in [3.8, 4) is 17.0 Å². The van der Waals surface area contributed by atoms with Crippen molar-refractivity contribution in [2.75, 3.05) is 26.2 Å². The molecule has 0 bridgehead atoms. The first-order chi connectivity index (χ1) is 17.3. The number of pyridine rings is 2. The Balaban J connectivity index is 1.38. The van der Waals surface area contributed by atoms with E-state index in [1.165, 1.54) is 6.07 Å². The molecule has 1 aromatic carbocycles. The van der Waals surface area contributed by atoms with E-state index >= 15 is 4.39 Å². The smallest absolute Gasteiger partial charge is 0.326 e. The molecule has 0 radical (unpaired) electrons. The van der Waals surface area contributed by atoms with E-state index in [1.54, 1.807) is 36.0 Å². The van der Waals surface area contributed by atoms with Crippen LogP contribution in [0.15, 0.2) is 35.3 Å². The van der Waals surface area contributed by atoms with E-state index in [1.807, 2.05) is 13.8 Å². The van der Waals surface area contributed by atoms with Crippen LogP contribution in [0.2, 0.25) is 0 Å². The number of benzene rings is 1. The van der Waals surface area contributed by atoms with Gasteiger partial charge >= 0.3 is 5.69 Å². The third kappa shape index (κ3) is 4.60. The highest BCUT2D eigenvalue weighted by Crippen LogP contribution is 2.33. The summed E-state index contributed by atoms with van der Waals surface area (Å²) in [5.41, 5.74) is 3.36. The number of quaternary nitrogens is 1. The van der Waals surface area contributed by atoms with Gasteiger partial charge in [0.2, 0.25) is 5.88 Å². The Morgan fingerprint density at radius 1 is 1.22 bits per heavy atom. The topological polar surface area (TPSA) is 95.9 Å². The molecule has 3 aromatic heterocycles. The van der Waals surface area contributed by atoms with Gasteiger partial charge in [0, 0.05) is 48.3 Å². The number of piperidine rings is 1. The second-order valence-corrected chi connectivity index (χ2v) is 10.1. The van der Waals surface area contributed by atoms with E-state index in [9.17, 15) is 10.0 Å². The van der Waals surface area contributed by atoms with Gasteiger partial charge in [0.05, 0.1) is 48.5 Å². The molecule has 190 valence electrons. The molecule has 9 heteroatoms. The molecule has 1 fully saturated rings. The van der Waals surface area contributed by atoms with Crippen LogP contribution in [0, 0.1) is 11.0 Å². The number of hydrogen-bond acceptors (Lipinski definition) is 5. The lowest BCUT2D eigenvalue weighted by molar-refractivity contribution is -0.885. The Hall–Kier alpha value is -3.30. The lowest BCUT2D eigenvalue weighted by Gasteiger charge is -2.45. The fourth-order valence-electron chi connectivity index (χ4n) is 5.14. The van der Waals surface area contributed by atoms with Crippen molar-refractivity contribution in [1.82, 2.24) is 19.5 Å². The summed E-state index contributed by atoms with van der Waals surface area (Å²) in [6.07, 6.45) is 5.39. The Morgan fingerprint density at radius 3 is 2.69 bits per heavy atom. The summed E-state index contributed by atoms with van der Waals surface area (Å²) in [6.45, 7) is 6.37. The van der Waals surface area contributed by atoms with E-state index in [0.29, 0.717) is 66.1 Å². The van der Waals surface area contributed by atoms with Gasteiger partial charge in [-0.2, -0.15) is 0 Å². The van der Waals surface area contributed by atoms with Crippen LogP contribution in [0.1, 0.15) is 51.1 Å². The molecule has 1 N–H and O–H groups in total. The molecule has 4 aromatic rings. The molecule has 1 aliphatic rings. The Kier molecular flexibility index (Phi) is 6.53. The van der Waals surface area contributed by atoms with Crippen molar-refractivity contribution in [3.05, 3.63) is 57.7 Å². The molecular formula is C27H32FN5O3. The maximum Gasteiger partial charge on any atom is 0.326 e. The van der Waals surface area contributed by atoms with Crippen molar-refractivity contribution in [3.63, 3.8) is 0 Å². The number of ether oxygens (including phenoxy) is 1.